The SMILES string of the molecule is C=CCc1cc(C=Nn2c(C)nc3ccc(Br)cc3c2=O)cc(OC)c1OCc1ccc(Br)cc1. The fraction of sp³-hybridized carbons (Fsp3) is 0.148. The Bertz CT molecular complexity index is 1480. The summed E-state index contributed by atoms with van der Waals surface area (Å²) in [7, 11) is 1.60. The highest BCUT2D eigenvalue weighted by Gasteiger charge is 2.13. The van der Waals surface area contributed by atoms with Crippen LogP contribution in [0.2, 0.25) is 0 Å². The molecule has 6 nitrogen and oxygen atoms in total. The van der Waals surface area contributed by atoms with Crippen LogP contribution >= 0.6 is 31.9 Å². The second-order valence-electron chi connectivity index (χ2n) is 7.80. The predicted octanol–water partition coefficient (Wildman–Crippen LogP) is 6.43. The maximum atomic E-state index is 13.0. The molecule has 178 valence electrons. The van der Waals surface area contributed by atoms with Gasteiger partial charge in [0, 0.05) is 14.5 Å². The molecule has 1 heterocycles. The van der Waals surface area contributed by atoms with Crippen LogP contribution < -0.4 is 15.0 Å². The summed E-state index contributed by atoms with van der Waals surface area (Å²) in [6, 6.07) is 17.2. The highest BCUT2D eigenvalue weighted by Crippen LogP contribution is 2.34. The Morgan fingerprint density at radius 3 is 2.54 bits per heavy atom. The molecule has 1 aromatic heterocycles. The normalized spacial score (nSPS) is 11.2. The van der Waals surface area contributed by atoms with Gasteiger partial charge in [-0.3, -0.25) is 4.79 Å². The first-order chi connectivity index (χ1) is 16.9. The van der Waals surface area contributed by atoms with Crippen LogP contribution in [0.1, 0.15) is 22.5 Å². The van der Waals surface area contributed by atoms with Gasteiger partial charge in [-0.15, -0.1) is 6.58 Å². The van der Waals surface area contributed by atoms with Crippen molar-refractivity contribution in [3.05, 3.63) is 109 Å². The second-order valence-corrected chi connectivity index (χ2v) is 9.63. The van der Waals surface area contributed by atoms with E-state index < -0.39 is 0 Å². The average Bonchev–Trinajstić information content (AvgIpc) is 2.84. The molecule has 0 saturated carbocycles. The third kappa shape index (κ3) is 5.71. The summed E-state index contributed by atoms with van der Waals surface area (Å²) in [5.74, 6) is 1.72. The molecule has 0 N–H and O–H groups in total. The highest BCUT2D eigenvalue weighted by atomic mass is 79.9. The van der Waals surface area contributed by atoms with Gasteiger partial charge in [-0.1, -0.05) is 50.1 Å². The minimum atomic E-state index is -0.238. The van der Waals surface area contributed by atoms with Crippen LogP contribution in [0.3, 0.4) is 0 Å². The van der Waals surface area contributed by atoms with E-state index in [9.17, 15) is 4.79 Å². The first-order valence-corrected chi connectivity index (χ1v) is 12.4. The number of halogens is 2. The molecule has 0 unspecified atom stereocenters. The zero-order chi connectivity index (χ0) is 24.9. The number of aromatic nitrogens is 2. The molecule has 0 fully saturated rings. The minimum absolute atomic E-state index is 0.238. The molecule has 0 radical (unpaired) electrons. The Labute approximate surface area is 220 Å². The number of nitrogens with zero attached hydrogens (tertiary/aromatic N) is 3. The number of fused-ring (bicyclic) bond motifs is 1. The first-order valence-electron chi connectivity index (χ1n) is 10.8. The first kappa shape index (κ1) is 24.9. The molecule has 4 aromatic rings. The number of ether oxygens (including phenoxy) is 2. The molecule has 4 rings (SSSR count). The lowest BCUT2D eigenvalue weighted by molar-refractivity contribution is 0.282. The van der Waals surface area contributed by atoms with E-state index in [0.717, 1.165) is 25.6 Å². The van der Waals surface area contributed by atoms with Crippen LogP contribution in [0.5, 0.6) is 11.5 Å². The zero-order valence-corrected chi connectivity index (χ0v) is 22.5. The molecule has 3 aromatic carbocycles. The molecule has 0 spiro atoms. The molecule has 0 atom stereocenters. The van der Waals surface area contributed by atoms with Gasteiger partial charge in [-0.05, 0) is 66.9 Å². The number of allylic oxidation sites excluding steroid dienone is 1. The fourth-order valence-corrected chi connectivity index (χ4v) is 4.26. The van der Waals surface area contributed by atoms with Crippen molar-refractivity contribution < 1.29 is 9.47 Å². The van der Waals surface area contributed by atoms with E-state index in [1.165, 1.54) is 4.68 Å². The molecule has 0 amide bonds. The van der Waals surface area contributed by atoms with E-state index in [-0.39, 0.29) is 5.56 Å². The summed E-state index contributed by atoms with van der Waals surface area (Å²) in [5.41, 5.74) is 3.09. The number of benzene rings is 3. The van der Waals surface area contributed by atoms with Crippen LogP contribution in [0.25, 0.3) is 10.9 Å². The van der Waals surface area contributed by atoms with Gasteiger partial charge in [0.1, 0.15) is 12.4 Å². The third-order valence-corrected chi connectivity index (χ3v) is 6.35. The van der Waals surface area contributed by atoms with Gasteiger partial charge >= 0.3 is 0 Å². The van der Waals surface area contributed by atoms with Crippen molar-refractivity contribution in [2.24, 2.45) is 5.10 Å². The summed E-state index contributed by atoms with van der Waals surface area (Å²) in [6.45, 7) is 6.02. The zero-order valence-electron chi connectivity index (χ0n) is 19.3. The van der Waals surface area contributed by atoms with Gasteiger partial charge in [0.25, 0.3) is 5.56 Å². The molecule has 8 heteroatoms. The van der Waals surface area contributed by atoms with Gasteiger partial charge in [-0.25, -0.2) is 4.98 Å². The number of hydrogen-bond donors (Lipinski definition) is 0. The van der Waals surface area contributed by atoms with E-state index in [0.29, 0.717) is 41.3 Å². The Hall–Kier alpha value is -3.23. The van der Waals surface area contributed by atoms with E-state index >= 15 is 0 Å². The van der Waals surface area contributed by atoms with Gasteiger partial charge in [-0.2, -0.15) is 9.78 Å². The molecule has 0 bridgehead atoms. The lowest BCUT2D eigenvalue weighted by Crippen LogP contribution is -2.20. The summed E-state index contributed by atoms with van der Waals surface area (Å²) < 4.78 is 14.9. The Morgan fingerprint density at radius 1 is 1.09 bits per heavy atom. The van der Waals surface area contributed by atoms with Crippen molar-refractivity contribution >= 4 is 49.0 Å². The summed E-state index contributed by atoms with van der Waals surface area (Å²) in [4.78, 5) is 17.5. The van der Waals surface area contributed by atoms with E-state index in [4.69, 9.17) is 9.47 Å². The predicted molar refractivity (Wildman–Crippen MR) is 147 cm³/mol. The van der Waals surface area contributed by atoms with Crippen molar-refractivity contribution in [3.63, 3.8) is 0 Å². The molecule has 0 aliphatic carbocycles. The standard InChI is InChI=1S/C27H23Br2N3O3/c1-4-5-20-12-19(13-25(34-3)26(20)35-16-18-6-8-21(28)9-7-18)15-30-32-17(2)31-24-11-10-22(29)14-23(24)27(32)33/h4,6-15H,1,5,16H2,2-3H3. The van der Waals surface area contributed by atoms with Crippen molar-refractivity contribution in [2.45, 2.75) is 20.0 Å². The molecule has 0 saturated heterocycles. The monoisotopic (exact) mass is 595 g/mol. The van der Waals surface area contributed by atoms with Crippen LogP contribution in [0.15, 0.2) is 86.1 Å². The minimum Gasteiger partial charge on any atom is -0.493 e. The second kappa shape index (κ2) is 11.0. The summed E-state index contributed by atoms with van der Waals surface area (Å²) in [5, 5.41) is 4.93. The quantitative estimate of drug-likeness (QED) is 0.174. The number of rotatable bonds is 8. The summed E-state index contributed by atoms with van der Waals surface area (Å²) >= 11 is 6.86. The lowest BCUT2D eigenvalue weighted by Gasteiger charge is -2.16. The van der Waals surface area contributed by atoms with Gasteiger partial charge in [0.15, 0.2) is 11.5 Å². The van der Waals surface area contributed by atoms with Crippen molar-refractivity contribution in [2.75, 3.05) is 7.11 Å². The van der Waals surface area contributed by atoms with Gasteiger partial charge in [0.2, 0.25) is 0 Å². The van der Waals surface area contributed by atoms with E-state index in [1.807, 2.05) is 48.5 Å². The largest absolute Gasteiger partial charge is 0.493 e. The van der Waals surface area contributed by atoms with E-state index in [2.05, 4.69) is 48.5 Å². The molecular formula is C27H23Br2N3O3. The topological polar surface area (TPSA) is 65.7 Å². The third-order valence-electron chi connectivity index (χ3n) is 5.33. The van der Waals surface area contributed by atoms with Crippen molar-refractivity contribution in [1.29, 1.82) is 0 Å². The molecular weight excluding hydrogens is 574 g/mol. The highest BCUT2D eigenvalue weighted by molar-refractivity contribution is 9.10. The van der Waals surface area contributed by atoms with Crippen molar-refractivity contribution in [3.8, 4) is 11.5 Å². The maximum absolute atomic E-state index is 13.0. The van der Waals surface area contributed by atoms with Crippen LogP contribution in [0.4, 0.5) is 0 Å². The molecule has 0 aliphatic rings. The molecule has 35 heavy (non-hydrogen) atoms. The number of aryl methyl sites for hydroxylation is 1. The number of methoxy groups -OCH3 is 1. The van der Waals surface area contributed by atoms with Gasteiger partial charge in [0.05, 0.1) is 24.2 Å². The van der Waals surface area contributed by atoms with Crippen LogP contribution in [-0.4, -0.2) is 23.0 Å². The lowest BCUT2D eigenvalue weighted by atomic mass is 10.1. The van der Waals surface area contributed by atoms with Gasteiger partial charge < -0.3 is 9.47 Å². The van der Waals surface area contributed by atoms with Crippen LogP contribution in [0, 0.1) is 6.92 Å². The Morgan fingerprint density at radius 2 is 1.83 bits per heavy atom. The average molecular weight is 597 g/mol. The van der Waals surface area contributed by atoms with E-state index in [1.54, 1.807) is 32.4 Å². The fourth-order valence-electron chi connectivity index (χ4n) is 3.64. The molecule has 0 aliphatic heterocycles. The summed E-state index contributed by atoms with van der Waals surface area (Å²) in [6.07, 6.45) is 4.01. The Kier molecular flexibility index (Phi) is 7.83. The smallest absolute Gasteiger partial charge is 0.282 e. The van der Waals surface area contributed by atoms with Crippen molar-refractivity contribution in [1.82, 2.24) is 9.66 Å². The Balaban J connectivity index is 1.69. The van der Waals surface area contributed by atoms with Crippen LogP contribution in [-0.2, 0) is 13.0 Å². The number of hydrogen-bond acceptors (Lipinski definition) is 5. The maximum Gasteiger partial charge on any atom is 0.282 e.